The lowest BCUT2D eigenvalue weighted by Gasteiger charge is -2.20. The van der Waals surface area contributed by atoms with Crippen molar-refractivity contribution in [2.45, 2.75) is 33.4 Å². The highest BCUT2D eigenvalue weighted by Crippen LogP contribution is 2.34. The van der Waals surface area contributed by atoms with E-state index in [9.17, 15) is 0 Å². The quantitative estimate of drug-likeness (QED) is 0.824. The molecule has 1 rings (SSSR count). The maximum Gasteiger partial charge on any atom is 0.130 e. The number of hydrogen-bond donors (Lipinski definition) is 1. The molecule has 0 heterocycles. The van der Waals surface area contributed by atoms with Crippen molar-refractivity contribution in [3.63, 3.8) is 0 Å². The highest BCUT2D eigenvalue weighted by molar-refractivity contribution is 5.50. The van der Waals surface area contributed by atoms with Crippen LogP contribution in [-0.2, 0) is 6.54 Å². The lowest BCUT2D eigenvalue weighted by molar-refractivity contribution is 0.359. The summed E-state index contributed by atoms with van der Waals surface area (Å²) in [5.41, 5.74) is 1.01. The zero-order chi connectivity index (χ0) is 14.4. The minimum Gasteiger partial charge on any atom is -0.496 e. The fourth-order valence-corrected chi connectivity index (χ4v) is 1.75. The molecule has 0 saturated heterocycles. The van der Waals surface area contributed by atoms with E-state index in [1.165, 1.54) is 0 Å². The van der Waals surface area contributed by atoms with E-state index < -0.39 is 0 Å². The number of methoxy groups -OCH3 is 3. The van der Waals surface area contributed by atoms with E-state index in [4.69, 9.17) is 14.2 Å². The predicted molar refractivity (Wildman–Crippen MR) is 77.2 cm³/mol. The Morgan fingerprint density at radius 3 is 1.84 bits per heavy atom. The minimum absolute atomic E-state index is 0.427. The van der Waals surface area contributed by atoms with Crippen LogP contribution in [0.1, 0.15) is 26.3 Å². The summed E-state index contributed by atoms with van der Waals surface area (Å²) >= 11 is 0. The molecule has 0 aliphatic heterocycles. The van der Waals surface area contributed by atoms with Crippen LogP contribution in [0.15, 0.2) is 12.1 Å². The Hall–Kier alpha value is -1.42. The Kier molecular flexibility index (Phi) is 5.96. The van der Waals surface area contributed by atoms with Crippen LogP contribution in [0.4, 0.5) is 0 Å². The second-order valence-electron chi connectivity index (χ2n) is 4.92. The summed E-state index contributed by atoms with van der Waals surface area (Å²) in [6.45, 7) is 7.27. The molecule has 1 aromatic carbocycles. The molecule has 4 nitrogen and oxygen atoms in total. The molecule has 0 radical (unpaired) electrons. The Morgan fingerprint density at radius 2 is 1.47 bits per heavy atom. The van der Waals surface area contributed by atoms with Crippen LogP contribution in [0.3, 0.4) is 0 Å². The smallest absolute Gasteiger partial charge is 0.130 e. The number of benzene rings is 1. The molecule has 0 aromatic heterocycles. The molecule has 4 heteroatoms. The molecular weight excluding hydrogens is 242 g/mol. The average Bonchev–Trinajstić information content (AvgIpc) is 2.43. The van der Waals surface area contributed by atoms with Gasteiger partial charge < -0.3 is 19.5 Å². The Bertz CT molecular complexity index is 379. The van der Waals surface area contributed by atoms with Crippen molar-refractivity contribution in [1.82, 2.24) is 5.32 Å². The van der Waals surface area contributed by atoms with Gasteiger partial charge in [0.05, 0.1) is 26.9 Å². The zero-order valence-corrected chi connectivity index (χ0v) is 12.7. The first-order valence-corrected chi connectivity index (χ1v) is 6.55. The Morgan fingerprint density at radius 1 is 0.947 bits per heavy atom. The van der Waals surface area contributed by atoms with Gasteiger partial charge in [-0.3, -0.25) is 0 Å². The van der Waals surface area contributed by atoms with Crippen LogP contribution >= 0.6 is 0 Å². The maximum absolute atomic E-state index is 5.42. The fourth-order valence-electron chi connectivity index (χ4n) is 1.75. The van der Waals surface area contributed by atoms with E-state index >= 15 is 0 Å². The average molecular weight is 267 g/mol. The summed E-state index contributed by atoms with van der Waals surface area (Å²) in [6.07, 6.45) is 0. The molecule has 0 fully saturated rings. The van der Waals surface area contributed by atoms with Crippen LogP contribution in [0.2, 0.25) is 0 Å². The standard InChI is InChI=1S/C15H25NO3/c1-10(2)11(3)16-9-13-14(18-5)7-12(17-4)8-15(13)19-6/h7-8,10-11,16H,9H2,1-6H3. The monoisotopic (exact) mass is 267 g/mol. The van der Waals surface area contributed by atoms with Crippen molar-refractivity contribution in [2.24, 2.45) is 5.92 Å². The first-order valence-electron chi connectivity index (χ1n) is 6.55. The lowest BCUT2D eigenvalue weighted by Crippen LogP contribution is -2.30. The van der Waals surface area contributed by atoms with Crippen LogP contribution in [0.25, 0.3) is 0 Å². The van der Waals surface area contributed by atoms with E-state index in [-0.39, 0.29) is 0 Å². The molecule has 1 N–H and O–H groups in total. The summed E-state index contributed by atoms with van der Waals surface area (Å²) in [5, 5.41) is 3.48. The topological polar surface area (TPSA) is 39.7 Å². The van der Waals surface area contributed by atoms with Gasteiger partial charge >= 0.3 is 0 Å². The van der Waals surface area contributed by atoms with Gasteiger partial charge in [0.2, 0.25) is 0 Å². The van der Waals surface area contributed by atoms with E-state index in [2.05, 4.69) is 26.1 Å². The Balaban J connectivity index is 2.97. The van der Waals surface area contributed by atoms with E-state index in [1.807, 2.05) is 12.1 Å². The van der Waals surface area contributed by atoms with Crippen LogP contribution in [0, 0.1) is 5.92 Å². The summed E-state index contributed by atoms with van der Waals surface area (Å²) in [6, 6.07) is 4.18. The molecule has 0 aliphatic rings. The summed E-state index contributed by atoms with van der Waals surface area (Å²) in [7, 11) is 4.94. The summed E-state index contributed by atoms with van der Waals surface area (Å²) in [4.78, 5) is 0. The number of hydrogen-bond acceptors (Lipinski definition) is 4. The first kappa shape index (κ1) is 15.6. The largest absolute Gasteiger partial charge is 0.496 e. The molecule has 1 atom stereocenters. The molecule has 0 bridgehead atoms. The SMILES string of the molecule is COc1cc(OC)c(CNC(C)C(C)C)c(OC)c1. The highest BCUT2D eigenvalue weighted by Gasteiger charge is 2.14. The van der Waals surface area contributed by atoms with E-state index in [0.29, 0.717) is 18.5 Å². The van der Waals surface area contributed by atoms with Gasteiger partial charge in [0.25, 0.3) is 0 Å². The maximum atomic E-state index is 5.42. The van der Waals surface area contributed by atoms with Crippen LogP contribution < -0.4 is 19.5 Å². The molecule has 108 valence electrons. The fraction of sp³-hybridized carbons (Fsp3) is 0.600. The third-order valence-electron chi connectivity index (χ3n) is 3.42. The van der Waals surface area contributed by atoms with Crippen molar-refractivity contribution in [2.75, 3.05) is 21.3 Å². The third kappa shape index (κ3) is 4.03. The molecule has 0 amide bonds. The molecule has 1 aromatic rings. The molecule has 0 spiro atoms. The van der Waals surface area contributed by atoms with Crippen LogP contribution in [0.5, 0.6) is 17.2 Å². The van der Waals surface area contributed by atoms with Gasteiger partial charge in [-0.05, 0) is 12.8 Å². The molecule has 19 heavy (non-hydrogen) atoms. The summed E-state index contributed by atoms with van der Waals surface area (Å²) < 4.78 is 16.1. The van der Waals surface area contributed by atoms with E-state index in [0.717, 1.165) is 22.8 Å². The number of rotatable bonds is 7. The van der Waals surface area contributed by atoms with Crippen molar-refractivity contribution in [3.8, 4) is 17.2 Å². The van der Waals surface area contributed by atoms with Gasteiger partial charge in [0.15, 0.2) is 0 Å². The highest BCUT2D eigenvalue weighted by atomic mass is 16.5. The van der Waals surface area contributed by atoms with Crippen molar-refractivity contribution in [3.05, 3.63) is 17.7 Å². The van der Waals surface area contributed by atoms with Gasteiger partial charge in [-0.2, -0.15) is 0 Å². The third-order valence-corrected chi connectivity index (χ3v) is 3.42. The number of nitrogens with one attached hydrogen (secondary N) is 1. The molecule has 0 saturated carbocycles. The molecular formula is C15H25NO3. The van der Waals surface area contributed by atoms with Gasteiger partial charge in [-0.25, -0.2) is 0 Å². The van der Waals surface area contributed by atoms with E-state index in [1.54, 1.807) is 21.3 Å². The zero-order valence-electron chi connectivity index (χ0n) is 12.7. The molecule has 1 unspecified atom stereocenters. The van der Waals surface area contributed by atoms with Crippen LogP contribution in [-0.4, -0.2) is 27.4 Å². The lowest BCUT2D eigenvalue weighted by atomic mass is 10.1. The minimum atomic E-state index is 0.427. The Labute approximate surface area is 116 Å². The van der Waals surface area contributed by atoms with Gasteiger partial charge in [0.1, 0.15) is 17.2 Å². The first-order chi connectivity index (χ1) is 9.03. The predicted octanol–water partition coefficient (Wildman–Crippen LogP) is 2.85. The second kappa shape index (κ2) is 7.24. The van der Waals surface area contributed by atoms with Gasteiger partial charge in [-0.15, -0.1) is 0 Å². The number of ether oxygens (including phenoxy) is 3. The molecule has 0 aliphatic carbocycles. The van der Waals surface area contributed by atoms with Gasteiger partial charge in [0, 0.05) is 24.7 Å². The normalized spacial score (nSPS) is 12.4. The second-order valence-corrected chi connectivity index (χ2v) is 4.92. The van der Waals surface area contributed by atoms with Crippen molar-refractivity contribution in [1.29, 1.82) is 0 Å². The summed E-state index contributed by atoms with van der Waals surface area (Å²) in [5.74, 6) is 2.86. The van der Waals surface area contributed by atoms with Crippen molar-refractivity contribution >= 4 is 0 Å². The van der Waals surface area contributed by atoms with Gasteiger partial charge in [-0.1, -0.05) is 13.8 Å². The van der Waals surface area contributed by atoms with Crippen molar-refractivity contribution < 1.29 is 14.2 Å².